The SMILES string of the molecule is CCOC(=O)[C@@H](C)Oc1ccccc1[Se]CC(OC)c1ccccc1. The minimum absolute atomic E-state index is 0.0525. The molecule has 0 amide bonds. The van der Waals surface area contributed by atoms with Crippen molar-refractivity contribution in [1.82, 2.24) is 0 Å². The van der Waals surface area contributed by atoms with E-state index in [9.17, 15) is 4.79 Å². The number of methoxy groups -OCH3 is 1. The van der Waals surface area contributed by atoms with E-state index in [4.69, 9.17) is 14.2 Å². The van der Waals surface area contributed by atoms with Gasteiger partial charge in [-0.3, -0.25) is 0 Å². The number of hydrogen-bond donors (Lipinski definition) is 0. The summed E-state index contributed by atoms with van der Waals surface area (Å²) in [4.78, 5) is 11.8. The molecule has 0 aliphatic carbocycles. The molecule has 134 valence electrons. The zero-order valence-corrected chi connectivity index (χ0v) is 16.5. The van der Waals surface area contributed by atoms with E-state index in [0.29, 0.717) is 6.61 Å². The van der Waals surface area contributed by atoms with E-state index >= 15 is 0 Å². The maximum atomic E-state index is 11.8. The molecule has 0 fully saturated rings. The van der Waals surface area contributed by atoms with Gasteiger partial charge in [0.15, 0.2) is 0 Å². The molecule has 0 bridgehead atoms. The molecule has 2 rings (SSSR count). The summed E-state index contributed by atoms with van der Waals surface area (Å²) in [7, 11) is 1.74. The summed E-state index contributed by atoms with van der Waals surface area (Å²) in [6, 6.07) is 18.0. The second-order valence-corrected chi connectivity index (χ2v) is 7.63. The van der Waals surface area contributed by atoms with Crippen LogP contribution in [0.3, 0.4) is 0 Å². The van der Waals surface area contributed by atoms with Gasteiger partial charge in [0, 0.05) is 0 Å². The van der Waals surface area contributed by atoms with E-state index in [2.05, 4.69) is 12.1 Å². The second-order valence-electron chi connectivity index (χ2n) is 5.40. The number of ether oxygens (including phenoxy) is 3. The van der Waals surface area contributed by atoms with Crippen LogP contribution in [0.15, 0.2) is 54.6 Å². The van der Waals surface area contributed by atoms with Crippen LogP contribution in [0.2, 0.25) is 5.32 Å². The van der Waals surface area contributed by atoms with Crippen molar-refractivity contribution in [2.45, 2.75) is 31.4 Å². The molecule has 0 aliphatic rings. The molecule has 0 saturated carbocycles. The van der Waals surface area contributed by atoms with Crippen LogP contribution in [-0.4, -0.2) is 40.7 Å². The molecule has 2 aromatic carbocycles. The predicted molar refractivity (Wildman–Crippen MR) is 99.6 cm³/mol. The molecule has 0 radical (unpaired) electrons. The molecule has 0 heterocycles. The predicted octanol–water partition coefficient (Wildman–Crippen LogP) is 3.15. The van der Waals surface area contributed by atoms with Crippen molar-refractivity contribution in [3.8, 4) is 5.75 Å². The third-order valence-corrected chi connectivity index (χ3v) is 5.96. The molecule has 2 aromatic rings. The van der Waals surface area contributed by atoms with Crippen molar-refractivity contribution in [2.24, 2.45) is 0 Å². The molecule has 25 heavy (non-hydrogen) atoms. The van der Waals surface area contributed by atoms with Gasteiger partial charge in [-0.05, 0) is 0 Å². The van der Waals surface area contributed by atoms with Crippen LogP contribution in [0, 0.1) is 0 Å². The van der Waals surface area contributed by atoms with E-state index in [1.807, 2.05) is 42.5 Å². The first kappa shape index (κ1) is 19.5. The number of esters is 1. The summed E-state index contributed by atoms with van der Waals surface area (Å²) in [6.45, 7) is 3.85. The van der Waals surface area contributed by atoms with Crippen LogP contribution in [0.5, 0.6) is 5.75 Å². The van der Waals surface area contributed by atoms with Gasteiger partial charge in [-0.2, -0.15) is 0 Å². The fraction of sp³-hybridized carbons (Fsp3) is 0.350. The third-order valence-electron chi connectivity index (χ3n) is 3.62. The van der Waals surface area contributed by atoms with E-state index in [1.165, 1.54) is 5.56 Å². The third kappa shape index (κ3) is 5.89. The van der Waals surface area contributed by atoms with Crippen LogP contribution in [0.1, 0.15) is 25.5 Å². The van der Waals surface area contributed by atoms with Gasteiger partial charge in [-0.1, -0.05) is 0 Å². The molecule has 0 aliphatic heterocycles. The van der Waals surface area contributed by atoms with Gasteiger partial charge in [-0.15, -0.1) is 0 Å². The van der Waals surface area contributed by atoms with E-state index in [0.717, 1.165) is 15.5 Å². The van der Waals surface area contributed by atoms with Crippen molar-refractivity contribution in [3.63, 3.8) is 0 Å². The van der Waals surface area contributed by atoms with Crippen molar-refractivity contribution in [2.75, 3.05) is 13.7 Å². The maximum absolute atomic E-state index is 11.8. The zero-order chi connectivity index (χ0) is 18.1. The van der Waals surface area contributed by atoms with Gasteiger partial charge in [0.05, 0.1) is 0 Å². The van der Waals surface area contributed by atoms with Crippen molar-refractivity contribution in [3.05, 3.63) is 60.2 Å². The monoisotopic (exact) mass is 408 g/mol. The average molecular weight is 407 g/mol. The average Bonchev–Trinajstić information content (AvgIpc) is 2.64. The number of rotatable bonds is 9. The van der Waals surface area contributed by atoms with Gasteiger partial charge >= 0.3 is 155 Å². The van der Waals surface area contributed by atoms with Crippen molar-refractivity contribution >= 4 is 25.4 Å². The molecular weight excluding hydrogens is 383 g/mol. The molecule has 5 heteroatoms. The Balaban J connectivity index is 2.03. The van der Waals surface area contributed by atoms with E-state index in [1.54, 1.807) is 21.0 Å². The van der Waals surface area contributed by atoms with E-state index in [-0.39, 0.29) is 27.0 Å². The van der Waals surface area contributed by atoms with Crippen LogP contribution in [0.4, 0.5) is 0 Å². The quantitative estimate of drug-likeness (QED) is 0.473. The Morgan fingerprint density at radius 1 is 1.08 bits per heavy atom. The summed E-state index contributed by atoms with van der Waals surface area (Å²) >= 11 is 0.154. The summed E-state index contributed by atoms with van der Waals surface area (Å²) in [6.07, 6.45) is -0.569. The summed E-state index contributed by atoms with van der Waals surface area (Å²) in [5.41, 5.74) is 1.17. The van der Waals surface area contributed by atoms with Crippen LogP contribution in [0.25, 0.3) is 0 Å². The Morgan fingerprint density at radius 2 is 1.76 bits per heavy atom. The van der Waals surface area contributed by atoms with Gasteiger partial charge in [0.1, 0.15) is 0 Å². The fourth-order valence-electron chi connectivity index (χ4n) is 2.30. The van der Waals surface area contributed by atoms with E-state index < -0.39 is 6.10 Å². The normalized spacial score (nSPS) is 13.1. The summed E-state index contributed by atoms with van der Waals surface area (Å²) in [5.74, 6) is 0.398. The Labute approximate surface area is 155 Å². The Kier molecular flexibility index (Phi) is 7.99. The minimum atomic E-state index is -0.621. The van der Waals surface area contributed by atoms with Gasteiger partial charge < -0.3 is 0 Å². The van der Waals surface area contributed by atoms with Crippen LogP contribution >= 0.6 is 0 Å². The number of carbonyl (C=O) groups excluding carboxylic acids is 1. The second kappa shape index (κ2) is 10.2. The molecule has 0 spiro atoms. The number of carbonyl (C=O) groups is 1. The topological polar surface area (TPSA) is 44.8 Å². The first-order chi connectivity index (χ1) is 12.2. The molecule has 0 saturated heterocycles. The molecule has 0 N–H and O–H groups in total. The summed E-state index contributed by atoms with van der Waals surface area (Å²) < 4.78 is 17.6. The number of para-hydroxylation sites is 1. The first-order valence-electron chi connectivity index (χ1n) is 8.28. The molecular formula is C20H24O4Se. The van der Waals surface area contributed by atoms with Gasteiger partial charge in [-0.25, -0.2) is 0 Å². The number of benzene rings is 2. The molecule has 4 nitrogen and oxygen atoms in total. The summed E-state index contributed by atoms with van der Waals surface area (Å²) in [5, 5.41) is 0.891. The molecule has 1 unspecified atom stereocenters. The Bertz CT molecular complexity index is 660. The Hall–Kier alpha value is -1.81. The number of hydrogen-bond acceptors (Lipinski definition) is 4. The zero-order valence-electron chi connectivity index (χ0n) is 14.8. The first-order valence-corrected chi connectivity index (χ1v) is 10.3. The van der Waals surface area contributed by atoms with Crippen LogP contribution < -0.4 is 9.20 Å². The Morgan fingerprint density at radius 3 is 2.44 bits per heavy atom. The molecule has 0 aromatic heterocycles. The van der Waals surface area contributed by atoms with Gasteiger partial charge in [0.25, 0.3) is 0 Å². The fourth-order valence-corrected chi connectivity index (χ4v) is 4.59. The van der Waals surface area contributed by atoms with Crippen molar-refractivity contribution < 1.29 is 19.0 Å². The van der Waals surface area contributed by atoms with Gasteiger partial charge in [0.2, 0.25) is 0 Å². The standard InChI is InChI=1S/C20H24O4Se/c1-4-23-20(21)15(2)24-17-12-8-9-13-19(17)25-14-18(22-3)16-10-6-5-7-11-16/h5-13,15,18H,4,14H2,1-3H3/t15-,18?/m1/s1. The van der Waals surface area contributed by atoms with Crippen LogP contribution in [-0.2, 0) is 14.3 Å². The van der Waals surface area contributed by atoms with Crippen molar-refractivity contribution in [1.29, 1.82) is 0 Å². The molecule has 2 atom stereocenters.